The average Bonchev–Trinajstić information content (AvgIpc) is 3.09. The molecule has 0 bridgehead atoms. The molecular formula is C25H32O9. The van der Waals surface area contributed by atoms with Crippen LogP contribution in [0.2, 0.25) is 0 Å². The molecule has 1 aromatic carbocycles. The van der Waals surface area contributed by atoms with Crippen LogP contribution in [0.15, 0.2) is 30.4 Å². The number of benzene rings is 1. The molecule has 2 aliphatic rings. The quantitative estimate of drug-likeness (QED) is 0.450. The van der Waals surface area contributed by atoms with E-state index in [2.05, 4.69) is 0 Å². The average molecular weight is 477 g/mol. The number of hydrogen-bond acceptors (Lipinski definition) is 9. The summed E-state index contributed by atoms with van der Waals surface area (Å²) in [7, 11) is 3.00. The van der Waals surface area contributed by atoms with E-state index in [1.54, 1.807) is 45.1 Å². The molecule has 2 aliphatic heterocycles. The number of esters is 1. The number of methoxy groups -OCH3 is 2. The molecule has 9 nitrogen and oxygen atoms in total. The van der Waals surface area contributed by atoms with Gasteiger partial charge in [0.25, 0.3) is 0 Å². The number of carbonyl (C=O) groups is 2. The second kappa shape index (κ2) is 11.6. The molecular weight excluding hydrogens is 444 g/mol. The molecule has 0 aromatic heterocycles. The minimum atomic E-state index is -0.882. The first-order valence-corrected chi connectivity index (χ1v) is 11.1. The van der Waals surface area contributed by atoms with E-state index in [1.807, 2.05) is 6.08 Å². The Kier molecular flexibility index (Phi) is 8.84. The highest BCUT2D eigenvalue weighted by Gasteiger charge is 2.43. The normalized spacial score (nSPS) is 25.6. The summed E-state index contributed by atoms with van der Waals surface area (Å²) in [4.78, 5) is 25.9. The van der Waals surface area contributed by atoms with Crippen molar-refractivity contribution in [2.75, 3.05) is 27.8 Å². The Bertz CT molecular complexity index is 935. The summed E-state index contributed by atoms with van der Waals surface area (Å²) in [6.45, 7) is 5.25. The van der Waals surface area contributed by atoms with Gasteiger partial charge in [0.15, 0.2) is 25.2 Å². The van der Waals surface area contributed by atoms with Crippen molar-refractivity contribution < 1.29 is 42.7 Å². The molecule has 0 spiro atoms. The van der Waals surface area contributed by atoms with Gasteiger partial charge in [-0.05, 0) is 44.9 Å². The SMILES string of the molecule is COCOc1cc2c(c(OCOC)c1)C(=O)O[C@@H](C)C/C=C\C(=O)[C@@H]1OC(C)(C)O[C@@H]1CC=C2. The van der Waals surface area contributed by atoms with Crippen LogP contribution in [0, 0.1) is 0 Å². The van der Waals surface area contributed by atoms with E-state index in [9.17, 15) is 9.59 Å². The zero-order valence-corrected chi connectivity index (χ0v) is 20.2. The minimum absolute atomic E-state index is 0.0200. The first-order valence-electron chi connectivity index (χ1n) is 11.1. The molecule has 1 aromatic rings. The van der Waals surface area contributed by atoms with Gasteiger partial charge in [0.1, 0.15) is 29.3 Å². The predicted molar refractivity (Wildman–Crippen MR) is 123 cm³/mol. The van der Waals surface area contributed by atoms with E-state index in [1.165, 1.54) is 20.3 Å². The Balaban J connectivity index is 2.03. The van der Waals surface area contributed by atoms with Crippen molar-refractivity contribution in [1.29, 1.82) is 0 Å². The third-order valence-electron chi connectivity index (χ3n) is 5.17. The van der Waals surface area contributed by atoms with Gasteiger partial charge >= 0.3 is 5.97 Å². The summed E-state index contributed by atoms with van der Waals surface area (Å²) >= 11 is 0. The van der Waals surface area contributed by atoms with Crippen LogP contribution >= 0.6 is 0 Å². The van der Waals surface area contributed by atoms with Crippen molar-refractivity contribution in [2.24, 2.45) is 0 Å². The van der Waals surface area contributed by atoms with Crippen molar-refractivity contribution in [1.82, 2.24) is 0 Å². The van der Waals surface area contributed by atoms with Gasteiger partial charge in [-0.2, -0.15) is 0 Å². The molecule has 0 amide bonds. The smallest absolute Gasteiger partial charge is 0.342 e. The van der Waals surface area contributed by atoms with Gasteiger partial charge in [0.2, 0.25) is 0 Å². The number of ether oxygens (including phenoxy) is 7. The van der Waals surface area contributed by atoms with Crippen LogP contribution in [0.4, 0.5) is 0 Å². The highest BCUT2D eigenvalue weighted by molar-refractivity contribution is 5.97. The molecule has 2 heterocycles. The van der Waals surface area contributed by atoms with Crippen LogP contribution in [0.3, 0.4) is 0 Å². The molecule has 3 atom stereocenters. The minimum Gasteiger partial charge on any atom is -0.467 e. The summed E-state index contributed by atoms with van der Waals surface area (Å²) in [6, 6.07) is 3.28. The van der Waals surface area contributed by atoms with Crippen molar-refractivity contribution in [3.05, 3.63) is 41.5 Å². The highest BCUT2D eigenvalue weighted by atomic mass is 16.8. The van der Waals surface area contributed by atoms with E-state index >= 15 is 0 Å². The lowest BCUT2D eigenvalue weighted by atomic mass is 10.0. The van der Waals surface area contributed by atoms with Gasteiger partial charge in [-0.15, -0.1) is 0 Å². The molecule has 34 heavy (non-hydrogen) atoms. The zero-order chi connectivity index (χ0) is 24.7. The van der Waals surface area contributed by atoms with Crippen molar-refractivity contribution >= 4 is 17.8 Å². The number of hydrogen-bond donors (Lipinski definition) is 0. The van der Waals surface area contributed by atoms with E-state index in [4.69, 9.17) is 33.2 Å². The van der Waals surface area contributed by atoms with Crippen LogP contribution < -0.4 is 9.47 Å². The third-order valence-corrected chi connectivity index (χ3v) is 5.17. The fraction of sp³-hybridized carbons (Fsp3) is 0.520. The Hall–Kier alpha value is -2.72. The lowest BCUT2D eigenvalue weighted by Gasteiger charge is -2.18. The molecule has 0 N–H and O–H groups in total. The standard InChI is InChI=1S/C25H32O9/c1-16-8-6-10-19(26)23-20(33-25(2,3)34-23)11-7-9-17-12-18(30-14-28-4)13-21(31-15-29-5)22(17)24(27)32-16/h6-7,9-10,12-13,16,20,23H,8,11,14-15H2,1-5H3/b9-7?,10-6-/t16-,20+,23-/m0/s1. The van der Waals surface area contributed by atoms with Gasteiger partial charge in [0.05, 0.1) is 6.10 Å². The second-order valence-electron chi connectivity index (χ2n) is 8.48. The first-order chi connectivity index (χ1) is 16.2. The Morgan fingerprint density at radius 3 is 2.41 bits per heavy atom. The van der Waals surface area contributed by atoms with Crippen molar-refractivity contribution in [3.63, 3.8) is 0 Å². The second-order valence-corrected chi connectivity index (χ2v) is 8.48. The van der Waals surface area contributed by atoms with E-state index in [0.717, 1.165) is 0 Å². The van der Waals surface area contributed by atoms with Crippen molar-refractivity contribution in [3.8, 4) is 11.5 Å². The summed E-state index contributed by atoms with van der Waals surface area (Å²) < 4.78 is 38.8. The fourth-order valence-corrected chi connectivity index (χ4v) is 3.75. The Labute approximate surface area is 199 Å². The molecule has 0 saturated carbocycles. The third kappa shape index (κ3) is 6.66. The molecule has 1 saturated heterocycles. The van der Waals surface area contributed by atoms with Crippen LogP contribution in [-0.2, 0) is 28.5 Å². The van der Waals surface area contributed by atoms with Gasteiger partial charge < -0.3 is 33.2 Å². The molecule has 1 fully saturated rings. The topological polar surface area (TPSA) is 98.8 Å². The number of rotatable bonds is 6. The van der Waals surface area contributed by atoms with Crippen LogP contribution in [0.1, 0.15) is 49.5 Å². The van der Waals surface area contributed by atoms with Gasteiger partial charge in [0, 0.05) is 26.7 Å². The molecule has 186 valence electrons. The molecule has 9 heteroatoms. The number of carbonyl (C=O) groups excluding carboxylic acids is 2. The number of ketones is 1. The largest absolute Gasteiger partial charge is 0.467 e. The molecule has 0 radical (unpaired) electrons. The predicted octanol–water partition coefficient (Wildman–Crippen LogP) is 3.65. The van der Waals surface area contributed by atoms with Crippen LogP contribution in [0.5, 0.6) is 11.5 Å². The maximum Gasteiger partial charge on any atom is 0.342 e. The van der Waals surface area contributed by atoms with E-state index in [0.29, 0.717) is 24.2 Å². The van der Waals surface area contributed by atoms with Gasteiger partial charge in [-0.3, -0.25) is 4.79 Å². The number of fused-ring (bicyclic) bond motifs is 2. The summed E-state index contributed by atoms with van der Waals surface area (Å²) in [6.07, 6.45) is 5.76. The molecule has 0 aliphatic carbocycles. The van der Waals surface area contributed by atoms with Gasteiger partial charge in [-0.1, -0.05) is 18.2 Å². The lowest BCUT2D eigenvalue weighted by molar-refractivity contribution is -0.152. The van der Waals surface area contributed by atoms with E-state index < -0.39 is 30.1 Å². The zero-order valence-electron chi connectivity index (χ0n) is 20.2. The maximum atomic E-state index is 13.1. The summed E-state index contributed by atoms with van der Waals surface area (Å²) in [5.74, 6) is -0.938. The first kappa shape index (κ1) is 25.9. The monoisotopic (exact) mass is 476 g/mol. The Morgan fingerprint density at radius 2 is 1.68 bits per heavy atom. The maximum absolute atomic E-state index is 13.1. The van der Waals surface area contributed by atoms with Gasteiger partial charge in [-0.25, -0.2) is 4.79 Å². The summed E-state index contributed by atoms with van der Waals surface area (Å²) in [5.41, 5.74) is 0.757. The van der Waals surface area contributed by atoms with Crippen molar-refractivity contribution in [2.45, 2.75) is 57.7 Å². The number of cyclic esters (lactones) is 1. The fourth-order valence-electron chi connectivity index (χ4n) is 3.75. The highest BCUT2D eigenvalue weighted by Crippen LogP contribution is 2.34. The Morgan fingerprint density at radius 1 is 0.971 bits per heavy atom. The molecule has 0 unspecified atom stereocenters. The molecule has 3 rings (SSSR count). The summed E-state index contributed by atoms with van der Waals surface area (Å²) in [5, 5.41) is 0. The lowest BCUT2D eigenvalue weighted by Crippen LogP contribution is -2.30. The van der Waals surface area contributed by atoms with Crippen LogP contribution in [-0.4, -0.2) is 63.7 Å². The van der Waals surface area contributed by atoms with E-state index in [-0.39, 0.29) is 30.7 Å². The van der Waals surface area contributed by atoms with Crippen LogP contribution in [0.25, 0.3) is 6.08 Å².